The summed E-state index contributed by atoms with van der Waals surface area (Å²) in [5, 5.41) is 4.22. The third-order valence-corrected chi connectivity index (χ3v) is 17.7. The van der Waals surface area contributed by atoms with Crippen LogP contribution in [0.4, 0.5) is 0 Å². The number of hydrogen-bond acceptors (Lipinski definition) is 4. The molecule has 0 aliphatic heterocycles. The number of rotatable bonds is 16. The first-order valence-electron chi connectivity index (χ1n) is 11.8. The Morgan fingerprint density at radius 2 is 0.882 bits per heavy atom. The van der Waals surface area contributed by atoms with E-state index in [9.17, 15) is 0 Å². The van der Waals surface area contributed by atoms with Gasteiger partial charge in [0.05, 0.1) is 0 Å². The van der Waals surface area contributed by atoms with Gasteiger partial charge in [-0.15, -0.1) is 0 Å². The van der Waals surface area contributed by atoms with Gasteiger partial charge >= 0.3 is 206 Å². The van der Waals surface area contributed by atoms with E-state index in [1.54, 1.807) is 7.11 Å². The molecule has 0 radical (unpaired) electrons. The molecule has 0 aliphatic rings. The van der Waals surface area contributed by atoms with Crippen molar-refractivity contribution in [2.75, 3.05) is 59.5 Å². The van der Waals surface area contributed by atoms with Gasteiger partial charge in [0.25, 0.3) is 0 Å². The topological polar surface area (TPSA) is 36.9 Å². The van der Waals surface area contributed by atoms with Crippen LogP contribution in [0.3, 0.4) is 0 Å². The fraction of sp³-hybridized carbons (Fsp3) is 0.357. The third-order valence-electron chi connectivity index (χ3n) is 5.93. The van der Waals surface area contributed by atoms with Crippen molar-refractivity contribution in [1.82, 2.24) is 0 Å². The zero-order valence-corrected chi connectivity index (χ0v) is 23.0. The molecule has 0 spiro atoms. The Balaban J connectivity index is 1.66. The summed E-state index contributed by atoms with van der Waals surface area (Å²) in [6.07, 6.45) is 2.01. The molecular weight excluding hydrogens is 558 g/mol. The quantitative estimate of drug-likeness (QED) is 0.134. The van der Waals surface area contributed by atoms with Crippen LogP contribution in [0.15, 0.2) is 91.0 Å². The monoisotopic (exact) mass is 594 g/mol. The first-order valence-corrected chi connectivity index (χ1v) is 17.0. The number of methoxy groups -OCH3 is 1. The Morgan fingerprint density at radius 3 is 1.26 bits per heavy atom. The van der Waals surface area contributed by atoms with Crippen molar-refractivity contribution in [1.29, 1.82) is 0 Å². The molecule has 184 valence electrons. The molecule has 0 unspecified atom stereocenters. The van der Waals surface area contributed by atoms with E-state index in [1.165, 1.54) is 15.9 Å². The predicted octanol–water partition coefficient (Wildman–Crippen LogP) is 4.95. The maximum atomic E-state index is 5.96. The van der Waals surface area contributed by atoms with Gasteiger partial charge in [0.1, 0.15) is 0 Å². The Kier molecular flexibility index (Phi) is 11.4. The minimum absolute atomic E-state index is 0.577. The standard InChI is InChI=1S/C28H36IO4P/c1-30-19-20-32-23-24-33-22-21-31-18-11-25-34(29,26-12-5-2-6-13-26,27-14-7-3-8-15-27)28-16-9-4-10-17-28/h2-10,12-17H,11,18-25H2,1H3. The SMILES string of the molecule is COCCOCCOCCOCCCP(I)(c1ccccc1)(c1ccccc1)c1ccccc1. The molecular formula is C28H36IO4P. The maximum absolute atomic E-state index is 5.96. The molecule has 0 N–H and O–H groups in total. The van der Waals surface area contributed by atoms with Crippen LogP contribution in [-0.2, 0) is 18.9 Å². The second-order valence-corrected chi connectivity index (χ2v) is 18.8. The van der Waals surface area contributed by atoms with Crippen LogP contribution in [-0.4, -0.2) is 59.5 Å². The van der Waals surface area contributed by atoms with Crippen molar-refractivity contribution in [3.8, 4) is 0 Å². The van der Waals surface area contributed by atoms with Crippen LogP contribution in [0.1, 0.15) is 6.42 Å². The molecule has 0 amide bonds. The summed E-state index contributed by atoms with van der Waals surface area (Å²) in [5.74, 6) is 0. The Hall–Kier alpha value is -1.34. The zero-order valence-electron chi connectivity index (χ0n) is 20.0. The van der Waals surface area contributed by atoms with E-state index in [2.05, 4.69) is 113 Å². The van der Waals surface area contributed by atoms with Gasteiger partial charge in [-0.3, -0.25) is 0 Å². The molecule has 0 saturated heterocycles. The van der Waals surface area contributed by atoms with Crippen LogP contribution < -0.4 is 15.9 Å². The van der Waals surface area contributed by atoms with Crippen molar-refractivity contribution in [3.05, 3.63) is 91.0 Å². The van der Waals surface area contributed by atoms with E-state index in [0.717, 1.165) is 12.6 Å². The van der Waals surface area contributed by atoms with Crippen molar-refractivity contribution >= 4 is 42.2 Å². The van der Waals surface area contributed by atoms with Gasteiger partial charge in [0, 0.05) is 7.11 Å². The van der Waals surface area contributed by atoms with E-state index in [0.29, 0.717) is 46.2 Å². The number of halogens is 1. The van der Waals surface area contributed by atoms with Crippen molar-refractivity contribution in [2.45, 2.75) is 6.42 Å². The molecule has 6 heteroatoms. The third kappa shape index (κ3) is 6.87. The average molecular weight is 594 g/mol. The van der Waals surface area contributed by atoms with Crippen LogP contribution in [0.2, 0.25) is 0 Å². The Labute approximate surface area is 217 Å². The molecule has 0 atom stereocenters. The van der Waals surface area contributed by atoms with Crippen LogP contribution in [0.25, 0.3) is 0 Å². The zero-order chi connectivity index (χ0) is 24.0. The second kappa shape index (κ2) is 14.3. The van der Waals surface area contributed by atoms with Gasteiger partial charge in [0.2, 0.25) is 0 Å². The molecule has 0 heterocycles. The summed E-state index contributed by atoms with van der Waals surface area (Å²) >= 11 is 2.83. The number of benzene rings is 3. The van der Waals surface area contributed by atoms with Gasteiger partial charge < -0.3 is 4.74 Å². The van der Waals surface area contributed by atoms with Crippen molar-refractivity contribution in [2.24, 2.45) is 0 Å². The number of ether oxygens (including phenoxy) is 4. The molecule has 0 fully saturated rings. The second-order valence-electron chi connectivity index (χ2n) is 8.10. The van der Waals surface area contributed by atoms with Crippen molar-refractivity contribution < 1.29 is 18.9 Å². The summed E-state index contributed by atoms with van der Waals surface area (Å²) < 4.78 is 19.2. The molecule has 0 bridgehead atoms. The van der Waals surface area contributed by atoms with E-state index >= 15 is 0 Å². The van der Waals surface area contributed by atoms with Gasteiger partial charge in [-0.05, 0) is 0 Å². The summed E-state index contributed by atoms with van der Waals surface area (Å²) in [7, 11) is 1.67. The van der Waals surface area contributed by atoms with Gasteiger partial charge in [-0.25, -0.2) is 0 Å². The molecule has 34 heavy (non-hydrogen) atoms. The summed E-state index contributed by atoms with van der Waals surface area (Å²) in [5.41, 5.74) is 0. The normalized spacial score (nSPS) is 12.8. The average Bonchev–Trinajstić information content (AvgIpc) is 2.91. The molecule has 0 aromatic heterocycles. The molecule has 0 aliphatic carbocycles. The van der Waals surface area contributed by atoms with Crippen molar-refractivity contribution in [3.63, 3.8) is 0 Å². The van der Waals surface area contributed by atoms with Crippen LogP contribution in [0, 0.1) is 0 Å². The summed E-state index contributed by atoms with van der Waals surface area (Å²) in [6, 6.07) is 33.1. The van der Waals surface area contributed by atoms with Crippen LogP contribution in [0.5, 0.6) is 0 Å². The summed E-state index contributed by atoms with van der Waals surface area (Å²) in [6.45, 7) is 4.25. The fourth-order valence-electron chi connectivity index (χ4n) is 4.20. The van der Waals surface area contributed by atoms with E-state index < -0.39 is 4.25 Å². The molecule has 3 rings (SSSR count). The molecule has 3 aromatic carbocycles. The van der Waals surface area contributed by atoms with Gasteiger partial charge in [-0.1, -0.05) is 0 Å². The predicted molar refractivity (Wildman–Crippen MR) is 153 cm³/mol. The van der Waals surface area contributed by atoms with E-state index in [1.807, 2.05) is 0 Å². The fourth-order valence-corrected chi connectivity index (χ4v) is 12.9. The van der Waals surface area contributed by atoms with Crippen LogP contribution >= 0.6 is 26.3 Å². The first kappa shape index (κ1) is 27.3. The minimum atomic E-state index is -2.70. The van der Waals surface area contributed by atoms with E-state index in [4.69, 9.17) is 18.9 Å². The van der Waals surface area contributed by atoms with E-state index in [-0.39, 0.29) is 0 Å². The number of hydrogen-bond donors (Lipinski definition) is 0. The summed E-state index contributed by atoms with van der Waals surface area (Å²) in [4.78, 5) is 0. The first-order chi connectivity index (χ1) is 16.7. The molecule has 4 nitrogen and oxygen atoms in total. The van der Waals surface area contributed by atoms with Gasteiger partial charge in [-0.2, -0.15) is 0 Å². The molecule has 0 saturated carbocycles. The molecule has 3 aromatic rings. The van der Waals surface area contributed by atoms with Gasteiger partial charge in [0.15, 0.2) is 0 Å². The Morgan fingerprint density at radius 1 is 0.529 bits per heavy atom. The Bertz CT molecular complexity index is 841.